The summed E-state index contributed by atoms with van der Waals surface area (Å²) in [7, 11) is 0. The van der Waals surface area contributed by atoms with Crippen LogP contribution in [-0.2, 0) is 0 Å². The largest absolute Gasteiger partial charge is 0.437 e. The lowest BCUT2D eigenvalue weighted by Crippen LogP contribution is -2.30. The highest BCUT2D eigenvalue weighted by Crippen LogP contribution is 2.27. The molecule has 2 heterocycles. The monoisotopic (exact) mass is 353 g/mol. The third kappa shape index (κ3) is 3.95. The van der Waals surface area contributed by atoms with E-state index in [0.717, 1.165) is 5.69 Å². The van der Waals surface area contributed by atoms with E-state index >= 15 is 0 Å². The number of carbonyl (C=O) groups excluding carboxylic acids is 1. The van der Waals surface area contributed by atoms with Crippen molar-refractivity contribution in [3.8, 4) is 11.6 Å². The Morgan fingerprint density at radius 2 is 1.96 bits per heavy atom. The van der Waals surface area contributed by atoms with Crippen LogP contribution in [0.5, 0.6) is 11.6 Å². The van der Waals surface area contributed by atoms with Crippen LogP contribution >= 0.6 is 11.6 Å². The third-order valence-electron chi connectivity index (χ3n) is 3.55. The second-order valence-electron chi connectivity index (χ2n) is 5.18. The highest BCUT2D eigenvalue weighted by Gasteiger charge is 2.16. The van der Waals surface area contributed by atoms with Gasteiger partial charge in [-0.25, -0.2) is 4.98 Å². The van der Waals surface area contributed by atoms with Crippen molar-refractivity contribution in [3.05, 3.63) is 77.7 Å². The molecule has 3 rings (SSSR count). The Hall–Kier alpha value is -2.92. The van der Waals surface area contributed by atoms with Gasteiger partial charge >= 0.3 is 0 Å². The van der Waals surface area contributed by atoms with Crippen LogP contribution in [0.15, 0.2) is 67.1 Å². The molecule has 0 spiro atoms. The number of benzene rings is 1. The number of hydrogen-bond donors (Lipinski definition) is 0. The predicted molar refractivity (Wildman–Crippen MR) is 97.4 cm³/mol. The Balaban J connectivity index is 1.77. The van der Waals surface area contributed by atoms with Gasteiger partial charge in [0.25, 0.3) is 5.91 Å². The molecular weight excluding hydrogens is 338 g/mol. The van der Waals surface area contributed by atoms with Crippen LogP contribution in [0.2, 0.25) is 5.02 Å². The number of aromatic nitrogens is 2. The molecule has 0 unspecified atom stereocenters. The van der Waals surface area contributed by atoms with Crippen LogP contribution in [0.3, 0.4) is 0 Å². The molecule has 0 fully saturated rings. The van der Waals surface area contributed by atoms with E-state index in [2.05, 4.69) is 9.97 Å². The maximum atomic E-state index is 12.7. The summed E-state index contributed by atoms with van der Waals surface area (Å²) in [6.45, 7) is 2.44. The number of anilines is 1. The summed E-state index contributed by atoms with van der Waals surface area (Å²) in [6.07, 6.45) is 4.82. The molecule has 2 aromatic heterocycles. The summed E-state index contributed by atoms with van der Waals surface area (Å²) in [5.41, 5.74) is 1.21. The molecule has 126 valence electrons. The van der Waals surface area contributed by atoms with E-state index in [1.807, 2.05) is 25.1 Å². The quantitative estimate of drug-likeness (QED) is 0.673. The molecule has 0 atom stereocenters. The molecule has 0 aliphatic carbocycles. The maximum absolute atomic E-state index is 12.7. The van der Waals surface area contributed by atoms with Gasteiger partial charge in [0, 0.05) is 25.0 Å². The molecule has 0 bridgehead atoms. The molecule has 0 aliphatic rings. The SMILES string of the molecule is CCN(C(=O)c1ccc(Oc2ccccc2Cl)nc1)c1cccnc1. The number of amides is 1. The van der Waals surface area contributed by atoms with Crippen LogP contribution < -0.4 is 9.64 Å². The maximum Gasteiger partial charge on any atom is 0.259 e. The van der Waals surface area contributed by atoms with Gasteiger partial charge in [-0.15, -0.1) is 0 Å². The number of para-hydroxylation sites is 1. The standard InChI is InChI=1S/C19H16ClN3O2/c1-2-23(15-6-5-11-21-13-15)19(24)14-9-10-18(22-12-14)25-17-8-4-3-7-16(17)20/h3-13H,2H2,1H3. The molecule has 3 aromatic rings. The van der Waals surface area contributed by atoms with Crippen molar-refractivity contribution in [3.63, 3.8) is 0 Å². The Morgan fingerprint density at radius 1 is 1.12 bits per heavy atom. The zero-order valence-corrected chi connectivity index (χ0v) is 14.3. The first-order valence-corrected chi connectivity index (χ1v) is 8.17. The van der Waals surface area contributed by atoms with Gasteiger partial charge in [-0.2, -0.15) is 0 Å². The Kier molecular flexibility index (Phi) is 5.26. The van der Waals surface area contributed by atoms with Crippen molar-refractivity contribution in [2.24, 2.45) is 0 Å². The second-order valence-corrected chi connectivity index (χ2v) is 5.59. The summed E-state index contributed by atoms with van der Waals surface area (Å²) in [4.78, 5) is 22.6. The Bertz CT molecular complexity index is 854. The zero-order valence-electron chi connectivity index (χ0n) is 13.6. The topological polar surface area (TPSA) is 55.3 Å². The predicted octanol–water partition coefficient (Wildman–Crippen LogP) is 4.59. The minimum absolute atomic E-state index is 0.146. The smallest absolute Gasteiger partial charge is 0.259 e. The summed E-state index contributed by atoms with van der Waals surface area (Å²) in [6, 6.07) is 14.1. The van der Waals surface area contributed by atoms with Gasteiger partial charge in [-0.3, -0.25) is 9.78 Å². The first-order chi connectivity index (χ1) is 12.2. The van der Waals surface area contributed by atoms with E-state index in [1.165, 1.54) is 6.20 Å². The lowest BCUT2D eigenvalue weighted by molar-refractivity contribution is 0.0988. The molecule has 0 saturated carbocycles. The molecule has 0 radical (unpaired) electrons. The fourth-order valence-electron chi connectivity index (χ4n) is 2.32. The lowest BCUT2D eigenvalue weighted by Gasteiger charge is -2.20. The van der Waals surface area contributed by atoms with Gasteiger partial charge in [-0.05, 0) is 37.3 Å². The van der Waals surface area contributed by atoms with E-state index in [0.29, 0.717) is 28.8 Å². The molecule has 1 amide bonds. The number of carbonyl (C=O) groups is 1. The highest BCUT2D eigenvalue weighted by atomic mass is 35.5. The molecule has 1 aromatic carbocycles. The Morgan fingerprint density at radius 3 is 2.60 bits per heavy atom. The van der Waals surface area contributed by atoms with Crippen molar-refractivity contribution in [1.82, 2.24) is 9.97 Å². The van der Waals surface area contributed by atoms with Gasteiger partial charge in [-0.1, -0.05) is 23.7 Å². The van der Waals surface area contributed by atoms with E-state index in [-0.39, 0.29) is 5.91 Å². The van der Waals surface area contributed by atoms with E-state index in [9.17, 15) is 4.79 Å². The fourth-order valence-corrected chi connectivity index (χ4v) is 2.49. The van der Waals surface area contributed by atoms with Gasteiger partial charge in [0.1, 0.15) is 5.75 Å². The van der Waals surface area contributed by atoms with Crippen LogP contribution in [0.1, 0.15) is 17.3 Å². The lowest BCUT2D eigenvalue weighted by atomic mass is 10.2. The molecular formula is C19H16ClN3O2. The van der Waals surface area contributed by atoms with Gasteiger partial charge in [0.2, 0.25) is 5.88 Å². The van der Waals surface area contributed by atoms with Crippen molar-refractivity contribution in [2.75, 3.05) is 11.4 Å². The first-order valence-electron chi connectivity index (χ1n) is 7.79. The number of rotatable bonds is 5. The molecule has 25 heavy (non-hydrogen) atoms. The van der Waals surface area contributed by atoms with E-state index in [4.69, 9.17) is 16.3 Å². The number of ether oxygens (including phenoxy) is 1. The number of hydrogen-bond acceptors (Lipinski definition) is 4. The third-order valence-corrected chi connectivity index (χ3v) is 3.87. The van der Waals surface area contributed by atoms with Crippen LogP contribution in [-0.4, -0.2) is 22.4 Å². The zero-order chi connectivity index (χ0) is 17.6. The van der Waals surface area contributed by atoms with E-state index in [1.54, 1.807) is 47.6 Å². The summed E-state index contributed by atoms with van der Waals surface area (Å²) < 4.78 is 5.64. The minimum Gasteiger partial charge on any atom is -0.437 e. The van der Waals surface area contributed by atoms with Crippen molar-refractivity contribution in [1.29, 1.82) is 0 Å². The van der Waals surface area contributed by atoms with Gasteiger partial charge in [0.05, 0.1) is 22.5 Å². The normalized spacial score (nSPS) is 10.3. The number of nitrogens with zero attached hydrogens (tertiary/aromatic N) is 3. The molecule has 5 nitrogen and oxygen atoms in total. The number of pyridine rings is 2. The van der Waals surface area contributed by atoms with Crippen molar-refractivity contribution < 1.29 is 9.53 Å². The summed E-state index contributed by atoms with van der Waals surface area (Å²) >= 11 is 6.06. The average molecular weight is 354 g/mol. The van der Waals surface area contributed by atoms with Crippen LogP contribution in [0.4, 0.5) is 5.69 Å². The van der Waals surface area contributed by atoms with Crippen LogP contribution in [0, 0.1) is 0 Å². The average Bonchev–Trinajstić information content (AvgIpc) is 2.66. The second kappa shape index (κ2) is 7.77. The van der Waals surface area contributed by atoms with Crippen LogP contribution in [0.25, 0.3) is 0 Å². The van der Waals surface area contributed by atoms with Crippen molar-refractivity contribution >= 4 is 23.2 Å². The first kappa shape index (κ1) is 16.9. The minimum atomic E-state index is -0.146. The fraction of sp³-hybridized carbons (Fsp3) is 0.105. The molecule has 0 saturated heterocycles. The molecule has 6 heteroatoms. The molecule has 0 aliphatic heterocycles. The summed E-state index contributed by atoms with van der Waals surface area (Å²) in [5, 5.41) is 0.498. The Labute approximate surface area is 150 Å². The highest BCUT2D eigenvalue weighted by molar-refractivity contribution is 6.32. The van der Waals surface area contributed by atoms with E-state index < -0.39 is 0 Å². The van der Waals surface area contributed by atoms with Gasteiger partial charge < -0.3 is 9.64 Å². The number of halogens is 1. The molecule has 0 N–H and O–H groups in total. The summed E-state index contributed by atoms with van der Waals surface area (Å²) in [5.74, 6) is 0.739. The van der Waals surface area contributed by atoms with Crippen molar-refractivity contribution in [2.45, 2.75) is 6.92 Å². The van der Waals surface area contributed by atoms with Gasteiger partial charge in [0.15, 0.2) is 0 Å².